The lowest BCUT2D eigenvalue weighted by Gasteiger charge is -2.20. The summed E-state index contributed by atoms with van der Waals surface area (Å²) in [6.45, 7) is -0.999. The minimum absolute atomic E-state index is 0.0988. The van der Waals surface area contributed by atoms with Gasteiger partial charge in [-0.15, -0.1) is 0 Å². The number of fused-ring (bicyclic) bond motifs is 3. The average molecular weight is 468 g/mol. The van der Waals surface area contributed by atoms with Crippen LogP contribution in [0.5, 0.6) is 5.75 Å². The fourth-order valence-corrected chi connectivity index (χ4v) is 3.80. The maximum Gasteiger partial charge on any atom is 0.244 e. The molecule has 176 valence electrons. The van der Waals surface area contributed by atoms with Crippen LogP contribution in [0.2, 0.25) is 0 Å². The van der Waals surface area contributed by atoms with Crippen molar-refractivity contribution < 1.29 is 19.1 Å². The molecule has 2 N–H and O–H groups in total. The van der Waals surface area contributed by atoms with E-state index in [2.05, 4.69) is 20.2 Å². The van der Waals surface area contributed by atoms with Gasteiger partial charge in [-0.05, 0) is 52.2 Å². The maximum absolute atomic E-state index is 11.8. The predicted octanol–water partition coefficient (Wildman–Crippen LogP) is 3.17. The first-order chi connectivity index (χ1) is 18.9. The molecule has 0 radical (unpaired) electrons. The fraction of sp³-hybridized carbons (Fsp3) is 0.375. The van der Waals surface area contributed by atoms with Crippen LogP contribution < -0.4 is 10.5 Å². The van der Waals surface area contributed by atoms with Gasteiger partial charge >= 0.3 is 0 Å². The van der Waals surface area contributed by atoms with Gasteiger partial charge in [0.15, 0.2) is 5.82 Å². The molecular weight excluding hydrogens is 432 g/mol. The summed E-state index contributed by atoms with van der Waals surface area (Å²) < 4.78 is 65.8. The maximum atomic E-state index is 11.8. The summed E-state index contributed by atoms with van der Waals surface area (Å²) in [5.41, 5.74) is 6.82. The molecule has 10 heteroatoms. The summed E-state index contributed by atoms with van der Waals surface area (Å²) >= 11 is 0. The average Bonchev–Trinajstić information content (AvgIpc) is 3.59. The van der Waals surface area contributed by atoms with E-state index in [0.29, 0.717) is 28.4 Å². The third-order valence-corrected chi connectivity index (χ3v) is 5.83. The predicted molar refractivity (Wildman–Crippen MR) is 127 cm³/mol. The molecule has 0 aliphatic carbocycles. The van der Waals surface area contributed by atoms with E-state index in [1.54, 1.807) is 37.0 Å². The van der Waals surface area contributed by atoms with Gasteiger partial charge in [-0.3, -0.25) is 9.48 Å². The zero-order chi connectivity index (χ0) is 30.1. The highest BCUT2D eigenvalue weighted by atomic mass is 16.5. The Bertz CT molecular complexity index is 1630. The topological polar surface area (TPSA) is 119 Å². The number of benzene rings is 1. The van der Waals surface area contributed by atoms with Gasteiger partial charge in [0.1, 0.15) is 35.2 Å². The number of carbonyl (C=O) groups excluding carboxylic acids is 1. The second-order valence-corrected chi connectivity index (χ2v) is 8.54. The second-order valence-electron chi connectivity index (χ2n) is 8.54. The van der Waals surface area contributed by atoms with Crippen LogP contribution in [0.25, 0.3) is 34.0 Å². The lowest BCUT2D eigenvalue weighted by atomic mass is 10.0. The molecule has 1 aliphatic rings. The highest BCUT2D eigenvalue weighted by molar-refractivity contribution is 5.82. The van der Waals surface area contributed by atoms with Crippen LogP contribution >= 0.6 is 0 Å². The van der Waals surface area contributed by atoms with Crippen LogP contribution in [0.3, 0.4) is 0 Å². The molecule has 0 bridgehead atoms. The standard InChI is InChI=1S/C24H28N8O2/c1-14(2)32-22(27-15(3)29-32)19-13-30-8-9-34-20-10-16(6-7-18(20)21(30)28-19)17-11-26-31(12-17)24(4,5)23(25)33/h6-7,10-14H,8-9H2,1-5H3,(H2,25,33)/i1D3,2D3,14D. The summed E-state index contributed by atoms with van der Waals surface area (Å²) in [6.07, 6.45) is 4.96. The summed E-state index contributed by atoms with van der Waals surface area (Å²) in [4.78, 5) is 20.8. The number of rotatable bonds is 5. The van der Waals surface area contributed by atoms with Crippen molar-refractivity contribution in [2.24, 2.45) is 5.73 Å². The van der Waals surface area contributed by atoms with Gasteiger partial charge in [0.05, 0.1) is 19.7 Å². The molecule has 0 saturated carbocycles. The van der Waals surface area contributed by atoms with Gasteiger partial charge in [0.25, 0.3) is 0 Å². The number of aryl methyl sites for hydroxylation is 1. The van der Waals surface area contributed by atoms with Crippen molar-refractivity contribution >= 4 is 5.91 Å². The van der Waals surface area contributed by atoms with E-state index in [1.807, 2.05) is 18.2 Å². The SMILES string of the molecule is [2H]C([2H])([2H])C([2H])(n1nc(C)nc1-c1cn2c(n1)-c1ccc(-c3cnn(C(C)(C)C(N)=O)c3)cc1OCC2)C([2H])([2H])[2H]. The van der Waals surface area contributed by atoms with Gasteiger partial charge < -0.3 is 15.0 Å². The van der Waals surface area contributed by atoms with Crippen molar-refractivity contribution in [1.82, 2.24) is 34.1 Å². The molecule has 0 spiro atoms. The van der Waals surface area contributed by atoms with E-state index >= 15 is 0 Å². The first-order valence-corrected chi connectivity index (χ1v) is 10.6. The van der Waals surface area contributed by atoms with Gasteiger partial charge in [0.2, 0.25) is 5.91 Å². The summed E-state index contributed by atoms with van der Waals surface area (Å²) in [7, 11) is 0. The smallest absolute Gasteiger partial charge is 0.244 e. The monoisotopic (exact) mass is 467 g/mol. The summed E-state index contributed by atoms with van der Waals surface area (Å²) in [6, 6.07) is 2.38. The first-order valence-electron chi connectivity index (χ1n) is 14.1. The Hall–Kier alpha value is -3.95. The Morgan fingerprint density at radius 3 is 2.82 bits per heavy atom. The number of hydrogen-bond acceptors (Lipinski definition) is 6. The number of ether oxygens (including phenoxy) is 1. The third-order valence-electron chi connectivity index (χ3n) is 5.83. The molecule has 1 amide bonds. The molecule has 1 aliphatic heterocycles. The van der Waals surface area contributed by atoms with Crippen molar-refractivity contribution in [1.29, 1.82) is 0 Å². The largest absolute Gasteiger partial charge is 0.491 e. The zero-order valence-corrected chi connectivity index (χ0v) is 18.9. The van der Waals surface area contributed by atoms with Gasteiger partial charge in [-0.2, -0.15) is 10.2 Å². The van der Waals surface area contributed by atoms with Crippen molar-refractivity contribution in [2.45, 2.75) is 52.6 Å². The summed E-state index contributed by atoms with van der Waals surface area (Å²) in [5.74, 6) is 0.440. The molecule has 0 atom stereocenters. The van der Waals surface area contributed by atoms with Crippen LogP contribution in [0.15, 0.2) is 36.8 Å². The Kier molecular flexibility index (Phi) is 3.46. The normalized spacial score (nSPS) is 17.4. The Morgan fingerprint density at radius 1 is 1.24 bits per heavy atom. The van der Waals surface area contributed by atoms with E-state index in [9.17, 15) is 4.79 Å². The lowest BCUT2D eigenvalue weighted by molar-refractivity contribution is -0.125. The minimum Gasteiger partial charge on any atom is -0.491 e. The second kappa shape index (κ2) is 7.82. The number of nitrogens with two attached hydrogens (primary N) is 1. The third kappa shape index (κ3) is 3.55. The van der Waals surface area contributed by atoms with Crippen LogP contribution in [-0.2, 0) is 16.9 Å². The molecule has 0 fully saturated rings. The molecule has 10 nitrogen and oxygen atoms in total. The van der Waals surface area contributed by atoms with E-state index in [0.717, 1.165) is 11.1 Å². The van der Waals surface area contributed by atoms with Gasteiger partial charge in [-0.1, -0.05) is 6.07 Å². The van der Waals surface area contributed by atoms with Gasteiger partial charge in [0, 0.05) is 32.2 Å². The zero-order valence-electron chi connectivity index (χ0n) is 25.9. The highest BCUT2D eigenvalue weighted by Gasteiger charge is 2.28. The van der Waals surface area contributed by atoms with Crippen LogP contribution in [-0.4, -0.2) is 46.6 Å². The van der Waals surface area contributed by atoms with Crippen molar-refractivity contribution in [2.75, 3.05) is 6.61 Å². The van der Waals surface area contributed by atoms with Crippen LogP contribution in [0.4, 0.5) is 0 Å². The Labute approximate surface area is 207 Å². The van der Waals surface area contributed by atoms with Crippen LogP contribution in [0.1, 0.15) is 49.0 Å². The number of amides is 1. The molecule has 5 rings (SSSR count). The molecule has 34 heavy (non-hydrogen) atoms. The minimum atomic E-state index is -3.25. The summed E-state index contributed by atoms with van der Waals surface area (Å²) in [5, 5.41) is 8.32. The molecular formula is C24H28N8O2. The Balaban J connectivity index is 1.58. The van der Waals surface area contributed by atoms with Crippen LogP contribution in [0, 0.1) is 6.92 Å². The van der Waals surface area contributed by atoms with E-state index in [1.165, 1.54) is 11.6 Å². The van der Waals surface area contributed by atoms with E-state index in [-0.39, 0.29) is 23.9 Å². The molecule has 0 saturated heterocycles. The number of hydrogen-bond donors (Lipinski definition) is 1. The lowest BCUT2D eigenvalue weighted by Crippen LogP contribution is -2.41. The van der Waals surface area contributed by atoms with Crippen molar-refractivity contribution in [3.05, 3.63) is 42.6 Å². The Morgan fingerprint density at radius 2 is 2.06 bits per heavy atom. The van der Waals surface area contributed by atoms with Gasteiger partial charge in [-0.25, -0.2) is 14.6 Å². The van der Waals surface area contributed by atoms with E-state index < -0.39 is 31.2 Å². The molecule has 0 unspecified atom stereocenters. The molecule has 4 aromatic rings. The van der Waals surface area contributed by atoms with E-state index in [4.69, 9.17) is 20.1 Å². The number of imidazole rings is 1. The number of primary amides is 1. The van der Waals surface area contributed by atoms with Crippen molar-refractivity contribution in [3.63, 3.8) is 0 Å². The first kappa shape index (κ1) is 15.0. The fourth-order valence-electron chi connectivity index (χ4n) is 3.80. The number of carbonyl (C=O) groups is 1. The quantitative estimate of drug-likeness (QED) is 0.482. The number of aromatic nitrogens is 7. The molecule has 4 heterocycles. The molecule has 3 aromatic heterocycles. The number of nitrogens with zero attached hydrogens (tertiary/aromatic N) is 7. The molecule has 1 aromatic carbocycles. The van der Waals surface area contributed by atoms with Crippen molar-refractivity contribution in [3.8, 4) is 39.8 Å². The highest BCUT2D eigenvalue weighted by Crippen LogP contribution is 2.37.